The highest BCUT2D eigenvalue weighted by Crippen LogP contribution is 2.23. The van der Waals surface area contributed by atoms with Crippen molar-refractivity contribution in [1.82, 2.24) is 19.5 Å². The number of nitrogens with one attached hydrogen (secondary N) is 1. The molecule has 0 aliphatic carbocycles. The van der Waals surface area contributed by atoms with Crippen molar-refractivity contribution < 1.29 is 13.2 Å². The molecule has 0 radical (unpaired) electrons. The number of sulfonamides is 1. The smallest absolute Gasteiger partial charge is 0.263 e. The molecule has 3 aromatic rings. The zero-order valence-corrected chi connectivity index (χ0v) is 14.8. The molecule has 0 aliphatic heterocycles. The van der Waals surface area contributed by atoms with Crippen molar-refractivity contribution in [3.05, 3.63) is 54.4 Å². The number of rotatable bonds is 5. The molecule has 0 bridgehead atoms. The van der Waals surface area contributed by atoms with Gasteiger partial charge in [-0.2, -0.15) is 0 Å². The molecule has 2 heterocycles. The maximum absolute atomic E-state index is 12.6. The van der Waals surface area contributed by atoms with Crippen molar-refractivity contribution in [2.24, 2.45) is 0 Å². The molecule has 8 nitrogen and oxygen atoms in total. The minimum atomic E-state index is -3.78. The predicted molar refractivity (Wildman–Crippen MR) is 92.4 cm³/mol. The van der Waals surface area contributed by atoms with Crippen LogP contribution in [0.15, 0.2) is 47.9 Å². The van der Waals surface area contributed by atoms with E-state index in [4.69, 9.17) is 4.74 Å². The summed E-state index contributed by atoms with van der Waals surface area (Å²) < 4.78 is 34.5. The Morgan fingerprint density at radius 1 is 1.12 bits per heavy atom. The molecule has 0 saturated heterocycles. The van der Waals surface area contributed by atoms with Crippen molar-refractivity contribution in [2.75, 3.05) is 11.8 Å². The van der Waals surface area contributed by atoms with Crippen LogP contribution >= 0.6 is 0 Å². The van der Waals surface area contributed by atoms with E-state index in [2.05, 4.69) is 19.7 Å². The molecule has 1 N–H and O–H groups in total. The highest BCUT2D eigenvalue weighted by molar-refractivity contribution is 7.92. The van der Waals surface area contributed by atoms with E-state index in [0.29, 0.717) is 11.6 Å². The summed E-state index contributed by atoms with van der Waals surface area (Å²) >= 11 is 0. The first kappa shape index (κ1) is 16.9. The molecule has 130 valence electrons. The summed E-state index contributed by atoms with van der Waals surface area (Å²) in [5.74, 6) is 2.05. The SMILES string of the molecule is COc1ccc(S(=O)(=O)Nc2cc(-n3ccnc3C)ncn2)cc1C. The lowest BCUT2D eigenvalue weighted by Gasteiger charge is -2.11. The van der Waals surface area contributed by atoms with Gasteiger partial charge in [0.15, 0.2) is 0 Å². The fourth-order valence-corrected chi connectivity index (χ4v) is 3.45. The second-order valence-electron chi connectivity index (χ2n) is 5.34. The minimum Gasteiger partial charge on any atom is -0.496 e. The molecule has 0 aliphatic rings. The van der Waals surface area contributed by atoms with Gasteiger partial charge in [-0.05, 0) is 37.6 Å². The molecule has 0 fully saturated rings. The third kappa shape index (κ3) is 3.45. The Kier molecular flexibility index (Phi) is 4.41. The quantitative estimate of drug-likeness (QED) is 0.749. The number of benzene rings is 1. The third-order valence-electron chi connectivity index (χ3n) is 3.64. The van der Waals surface area contributed by atoms with Crippen LogP contribution in [0.5, 0.6) is 5.75 Å². The molecule has 0 amide bonds. The van der Waals surface area contributed by atoms with Gasteiger partial charge < -0.3 is 4.74 Å². The number of imidazole rings is 1. The Bertz CT molecular complexity index is 1010. The van der Waals surface area contributed by atoms with E-state index in [0.717, 1.165) is 11.4 Å². The molecule has 0 atom stereocenters. The van der Waals surface area contributed by atoms with Crippen LogP contribution in [-0.2, 0) is 10.0 Å². The average Bonchev–Trinajstić information content (AvgIpc) is 3.00. The first-order valence-electron chi connectivity index (χ1n) is 7.40. The van der Waals surface area contributed by atoms with Gasteiger partial charge in [-0.15, -0.1) is 0 Å². The maximum atomic E-state index is 12.6. The summed E-state index contributed by atoms with van der Waals surface area (Å²) in [5.41, 5.74) is 0.725. The number of nitrogens with zero attached hydrogens (tertiary/aromatic N) is 4. The normalized spacial score (nSPS) is 11.3. The van der Waals surface area contributed by atoms with Gasteiger partial charge >= 0.3 is 0 Å². The number of aromatic nitrogens is 4. The monoisotopic (exact) mass is 359 g/mol. The summed E-state index contributed by atoms with van der Waals surface area (Å²) in [6.07, 6.45) is 4.68. The van der Waals surface area contributed by atoms with E-state index in [1.54, 1.807) is 42.1 Å². The molecule has 0 unspecified atom stereocenters. The van der Waals surface area contributed by atoms with Crippen LogP contribution in [0.1, 0.15) is 11.4 Å². The number of aryl methyl sites for hydroxylation is 2. The fourth-order valence-electron chi connectivity index (χ4n) is 2.37. The summed E-state index contributed by atoms with van der Waals surface area (Å²) in [6.45, 7) is 3.61. The lowest BCUT2D eigenvalue weighted by atomic mass is 10.2. The second kappa shape index (κ2) is 6.52. The van der Waals surface area contributed by atoms with Gasteiger partial charge in [-0.3, -0.25) is 9.29 Å². The van der Waals surface area contributed by atoms with Crippen LogP contribution in [0.2, 0.25) is 0 Å². The van der Waals surface area contributed by atoms with Gasteiger partial charge in [0, 0.05) is 18.5 Å². The third-order valence-corrected chi connectivity index (χ3v) is 4.99. The van der Waals surface area contributed by atoms with Crippen molar-refractivity contribution in [1.29, 1.82) is 0 Å². The summed E-state index contributed by atoms with van der Waals surface area (Å²) in [5, 5.41) is 0. The van der Waals surface area contributed by atoms with Crippen molar-refractivity contribution in [3.63, 3.8) is 0 Å². The molecular weight excluding hydrogens is 342 g/mol. The van der Waals surface area contributed by atoms with E-state index in [9.17, 15) is 8.42 Å². The Morgan fingerprint density at radius 3 is 2.56 bits per heavy atom. The topological polar surface area (TPSA) is 99.0 Å². The number of hydrogen-bond donors (Lipinski definition) is 1. The van der Waals surface area contributed by atoms with Crippen molar-refractivity contribution in [2.45, 2.75) is 18.7 Å². The van der Waals surface area contributed by atoms with Crippen LogP contribution in [0.25, 0.3) is 5.82 Å². The van der Waals surface area contributed by atoms with Gasteiger partial charge in [0.05, 0.1) is 12.0 Å². The standard InChI is InChI=1S/C16H17N5O3S/c1-11-8-13(4-5-14(11)24-3)25(22,23)20-15-9-16(19-10-18-15)21-7-6-17-12(21)2/h4-10H,1-3H3,(H,18,19,20). The summed E-state index contributed by atoms with van der Waals surface area (Å²) in [6, 6.07) is 6.19. The highest BCUT2D eigenvalue weighted by atomic mass is 32.2. The fraction of sp³-hybridized carbons (Fsp3) is 0.188. The van der Waals surface area contributed by atoms with Gasteiger partial charge in [0.2, 0.25) is 0 Å². The lowest BCUT2D eigenvalue weighted by molar-refractivity contribution is 0.411. The zero-order valence-electron chi connectivity index (χ0n) is 14.0. The molecule has 25 heavy (non-hydrogen) atoms. The van der Waals surface area contributed by atoms with Gasteiger partial charge in [-0.1, -0.05) is 0 Å². The molecule has 1 aromatic carbocycles. The minimum absolute atomic E-state index is 0.129. The Hall–Kier alpha value is -2.94. The van der Waals surface area contributed by atoms with Crippen LogP contribution in [0.3, 0.4) is 0 Å². The number of ether oxygens (including phenoxy) is 1. The Morgan fingerprint density at radius 2 is 1.92 bits per heavy atom. The summed E-state index contributed by atoms with van der Waals surface area (Å²) in [4.78, 5) is 12.4. The molecule has 0 saturated carbocycles. The maximum Gasteiger partial charge on any atom is 0.263 e. The van der Waals surface area contributed by atoms with E-state index in [-0.39, 0.29) is 10.7 Å². The van der Waals surface area contributed by atoms with E-state index in [1.165, 1.54) is 19.5 Å². The zero-order chi connectivity index (χ0) is 18.0. The Balaban J connectivity index is 1.91. The summed E-state index contributed by atoms with van der Waals surface area (Å²) in [7, 11) is -2.24. The molecule has 0 spiro atoms. The largest absolute Gasteiger partial charge is 0.496 e. The lowest BCUT2D eigenvalue weighted by Crippen LogP contribution is -2.15. The second-order valence-corrected chi connectivity index (χ2v) is 7.03. The van der Waals surface area contributed by atoms with E-state index < -0.39 is 10.0 Å². The van der Waals surface area contributed by atoms with Crippen LogP contribution in [0.4, 0.5) is 5.82 Å². The molecule has 2 aromatic heterocycles. The first-order valence-corrected chi connectivity index (χ1v) is 8.89. The van der Waals surface area contributed by atoms with Crippen molar-refractivity contribution >= 4 is 15.8 Å². The molecular formula is C16H17N5O3S. The van der Waals surface area contributed by atoms with Gasteiger partial charge in [0.1, 0.15) is 29.5 Å². The number of hydrogen-bond acceptors (Lipinski definition) is 6. The highest BCUT2D eigenvalue weighted by Gasteiger charge is 2.17. The van der Waals surface area contributed by atoms with Crippen LogP contribution in [0, 0.1) is 13.8 Å². The van der Waals surface area contributed by atoms with E-state index in [1.807, 2.05) is 6.92 Å². The van der Waals surface area contributed by atoms with Crippen LogP contribution < -0.4 is 9.46 Å². The number of anilines is 1. The first-order chi connectivity index (χ1) is 11.9. The number of methoxy groups -OCH3 is 1. The Labute approximate surface area is 145 Å². The molecule has 9 heteroatoms. The predicted octanol–water partition coefficient (Wildman–Crippen LogP) is 2.09. The van der Waals surface area contributed by atoms with Gasteiger partial charge in [-0.25, -0.2) is 23.4 Å². The van der Waals surface area contributed by atoms with Crippen molar-refractivity contribution in [3.8, 4) is 11.6 Å². The average molecular weight is 359 g/mol. The van der Waals surface area contributed by atoms with Gasteiger partial charge in [0.25, 0.3) is 10.0 Å². The van der Waals surface area contributed by atoms with Crippen LogP contribution in [-0.4, -0.2) is 35.0 Å². The van der Waals surface area contributed by atoms with E-state index >= 15 is 0 Å². The molecule has 3 rings (SSSR count).